The minimum Gasteiger partial charge on any atom is -0.229 e. The Labute approximate surface area is 70.1 Å². The van der Waals surface area contributed by atoms with E-state index in [1.165, 1.54) is 0 Å². The zero-order valence-electron chi connectivity index (χ0n) is 5.28. The molecule has 0 aromatic carbocycles. The fourth-order valence-electron chi connectivity index (χ4n) is 0.919. The molecule has 1 rings (SSSR count). The van der Waals surface area contributed by atoms with Crippen LogP contribution in [0.25, 0.3) is 0 Å². The molecule has 0 N–H and O–H groups in total. The van der Waals surface area contributed by atoms with E-state index in [4.69, 9.17) is 0 Å². The maximum Gasteiger partial charge on any atom is 0.0644 e. The Kier molecular flexibility index (Phi) is 2.84. The molecule has 4 heteroatoms. The third kappa shape index (κ3) is 1.79. The van der Waals surface area contributed by atoms with Crippen LogP contribution in [-0.2, 0) is 0 Å². The highest BCUT2D eigenvalue weighted by atomic mass is 32.1. The van der Waals surface area contributed by atoms with Crippen molar-refractivity contribution in [3.63, 3.8) is 0 Å². The molecular formula is C6H6N2S2. The zero-order valence-corrected chi connectivity index (χ0v) is 6.91. The molecule has 1 aliphatic rings. The Bertz CT molecular complexity index is 186. The fourth-order valence-corrected chi connectivity index (χ4v) is 1.22. The van der Waals surface area contributed by atoms with Crippen LogP contribution < -0.4 is 0 Å². The van der Waals surface area contributed by atoms with Crippen LogP contribution in [0.2, 0.25) is 0 Å². The number of hydrogen-bond donors (Lipinski definition) is 0. The average molecular weight is 170 g/mol. The van der Waals surface area contributed by atoms with Crippen molar-refractivity contribution in [2.24, 2.45) is 9.98 Å². The highest BCUT2D eigenvalue weighted by Gasteiger charge is 2.27. The van der Waals surface area contributed by atoms with Gasteiger partial charge in [-0.1, -0.05) is 0 Å². The summed E-state index contributed by atoms with van der Waals surface area (Å²) >= 11 is 8.90. The Morgan fingerprint density at radius 3 is 1.70 bits per heavy atom. The number of thiocarbonyl (C=S) groups is 2. The van der Waals surface area contributed by atoms with Gasteiger partial charge in [0.25, 0.3) is 0 Å². The van der Waals surface area contributed by atoms with Crippen LogP contribution in [0.1, 0.15) is 12.8 Å². The van der Waals surface area contributed by atoms with Crippen LogP contribution in [0.5, 0.6) is 0 Å². The molecule has 0 heterocycles. The molecule has 1 saturated carbocycles. The van der Waals surface area contributed by atoms with Crippen molar-refractivity contribution in [2.75, 3.05) is 0 Å². The summed E-state index contributed by atoms with van der Waals surface area (Å²) in [5.41, 5.74) is 0. The van der Waals surface area contributed by atoms with Crippen LogP contribution in [0.15, 0.2) is 9.98 Å². The summed E-state index contributed by atoms with van der Waals surface area (Å²) in [6.07, 6.45) is 1.90. The maximum atomic E-state index is 4.45. The second kappa shape index (κ2) is 3.69. The molecule has 0 aliphatic heterocycles. The van der Waals surface area contributed by atoms with Crippen molar-refractivity contribution in [3.05, 3.63) is 0 Å². The first-order valence-electron chi connectivity index (χ1n) is 3.00. The minimum atomic E-state index is 0.342. The van der Waals surface area contributed by atoms with Crippen LogP contribution >= 0.6 is 24.4 Å². The monoisotopic (exact) mass is 170 g/mol. The largest absolute Gasteiger partial charge is 0.229 e. The van der Waals surface area contributed by atoms with E-state index in [-0.39, 0.29) is 0 Å². The molecule has 2 nitrogen and oxygen atoms in total. The van der Waals surface area contributed by atoms with Gasteiger partial charge in [0.2, 0.25) is 0 Å². The third-order valence-corrected chi connectivity index (χ3v) is 1.77. The second-order valence-electron chi connectivity index (χ2n) is 2.22. The molecule has 1 aliphatic carbocycles. The van der Waals surface area contributed by atoms with Gasteiger partial charge in [-0.3, -0.25) is 0 Å². The Morgan fingerprint density at radius 1 is 1.00 bits per heavy atom. The molecule has 0 aromatic heterocycles. The molecule has 10 heavy (non-hydrogen) atoms. The van der Waals surface area contributed by atoms with E-state index in [1.807, 2.05) is 0 Å². The molecule has 0 spiro atoms. The van der Waals surface area contributed by atoms with Crippen molar-refractivity contribution in [2.45, 2.75) is 24.9 Å². The van der Waals surface area contributed by atoms with E-state index >= 15 is 0 Å². The van der Waals surface area contributed by atoms with Gasteiger partial charge in [0, 0.05) is 0 Å². The van der Waals surface area contributed by atoms with E-state index in [2.05, 4.69) is 44.7 Å². The third-order valence-electron chi connectivity index (χ3n) is 1.56. The quantitative estimate of drug-likeness (QED) is 0.465. The second-order valence-corrected chi connectivity index (χ2v) is 2.58. The summed E-state index contributed by atoms with van der Waals surface area (Å²) in [5.74, 6) is 0. The topological polar surface area (TPSA) is 24.7 Å². The first kappa shape index (κ1) is 7.70. The summed E-state index contributed by atoms with van der Waals surface area (Å²) in [6, 6.07) is 0.684. The van der Waals surface area contributed by atoms with Crippen molar-refractivity contribution < 1.29 is 0 Å². The number of nitrogens with zero attached hydrogens (tertiary/aromatic N) is 2. The van der Waals surface area contributed by atoms with E-state index in [0.29, 0.717) is 12.1 Å². The van der Waals surface area contributed by atoms with Gasteiger partial charge in [0.05, 0.1) is 22.4 Å². The number of hydrogen-bond acceptors (Lipinski definition) is 4. The first-order valence-corrected chi connectivity index (χ1v) is 3.82. The van der Waals surface area contributed by atoms with Crippen molar-refractivity contribution in [1.29, 1.82) is 0 Å². The van der Waals surface area contributed by atoms with E-state index in [0.717, 1.165) is 12.8 Å². The lowest BCUT2D eigenvalue weighted by atomic mass is 9.88. The van der Waals surface area contributed by atoms with Crippen LogP contribution in [0.4, 0.5) is 0 Å². The molecule has 52 valence electrons. The standard InChI is InChI=1S/C6H6N2S2/c9-3-7-5-1-6(2-5)8-4-10/h5-6H,1-2H2. The molecule has 0 aromatic rings. The highest BCUT2D eigenvalue weighted by molar-refractivity contribution is 7.78. The average Bonchev–Trinajstić information content (AvgIpc) is 1.84. The van der Waals surface area contributed by atoms with Crippen molar-refractivity contribution in [1.82, 2.24) is 0 Å². The van der Waals surface area contributed by atoms with Gasteiger partial charge in [0.15, 0.2) is 0 Å². The molecule has 0 atom stereocenters. The molecule has 1 fully saturated rings. The molecule has 0 amide bonds. The number of aliphatic imine (C=N–C) groups is 2. The van der Waals surface area contributed by atoms with E-state index < -0.39 is 0 Å². The Balaban J connectivity index is 2.30. The van der Waals surface area contributed by atoms with Gasteiger partial charge in [-0.2, -0.15) is 0 Å². The molecule has 0 radical (unpaired) electrons. The summed E-state index contributed by atoms with van der Waals surface area (Å²) < 4.78 is 0. The van der Waals surface area contributed by atoms with Gasteiger partial charge in [-0.05, 0) is 37.3 Å². The zero-order chi connectivity index (χ0) is 7.40. The molecular weight excluding hydrogens is 164 g/mol. The molecule has 0 bridgehead atoms. The Morgan fingerprint density at radius 2 is 1.40 bits per heavy atom. The summed E-state index contributed by atoms with van der Waals surface area (Å²) in [7, 11) is 0. The van der Waals surface area contributed by atoms with Gasteiger partial charge in [-0.15, -0.1) is 0 Å². The maximum absolute atomic E-state index is 4.45. The van der Waals surface area contributed by atoms with Crippen molar-refractivity contribution >= 4 is 34.8 Å². The van der Waals surface area contributed by atoms with E-state index in [1.54, 1.807) is 0 Å². The van der Waals surface area contributed by atoms with Gasteiger partial charge >= 0.3 is 0 Å². The minimum absolute atomic E-state index is 0.342. The van der Waals surface area contributed by atoms with Gasteiger partial charge in [-0.25, -0.2) is 9.98 Å². The smallest absolute Gasteiger partial charge is 0.0644 e. The van der Waals surface area contributed by atoms with Gasteiger partial charge < -0.3 is 0 Å². The summed E-state index contributed by atoms with van der Waals surface area (Å²) in [5, 5.41) is 4.71. The number of rotatable bonds is 2. The first-order chi connectivity index (χ1) is 4.86. The van der Waals surface area contributed by atoms with Crippen molar-refractivity contribution in [3.8, 4) is 0 Å². The summed E-state index contributed by atoms with van der Waals surface area (Å²) in [6.45, 7) is 0. The lowest BCUT2D eigenvalue weighted by Crippen LogP contribution is -2.30. The molecule has 0 unspecified atom stereocenters. The summed E-state index contributed by atoms with van der Waals surface area (Å²) in [4.78, 5) is 7.81. The van der Waals surface area contributed by atoms with Crippen LogP contribution in [-0.4, -0.2) is 22.4 Å². The normalized spacial score (nSPS) is 29.2. The van der Waals surface area contributed by atoms with E-state index in [9.17, 15) is 0 Å². The number of isothiocyanates is 2. The van der Waals surface area contributed by atoms with Gasteiger partial charge in [0.1, 0.15) is 0 Å². The highest BCUT2D eigenvalue weighted by Crippen LogP contribution is 2.25. The SMILES string of the molecule is S=C=NC1CC(N=C=S)C1. The lowest BCUT2D eigenvalue weighted by Gasteiger charge is -2.26. The fraction of sp³-hybridized carbons (Fsp3) is 0.667. The van der Waals surface area contributed by atoms with Crippen LogP contribution in [0.3, 0.4) is 0 Å². The predicted molar refractivity (Wildman–Crippen MR) is 46.9 cm³/mol. The Hall–Kier alpha value is -0.400. The van der Waals surface area contributed by atoms with Crippen LogP contribution in [0, 0.1) is 0 Å². The predicted octanol–water partition coefficient (Wildman–Crippen LogP) is 1.72. The molecule has 0 saturated heterocycles. The lowest BCUT2D eigenvalue weighted by molar-refractivity contribution is 0.359.